The molecular weight excluding hydrogens is 334 g/mol. The SMILES string of the molecule is CCC(OC1CCCCC1)C(=O)N1CCC([C@@H]2OCCC2C(=O)O)CC1. The Morgan fingerprint density at radius 2 is 1.81 bits per heavy atom. The Kier molecular flexibility index (Phi) is 6.92. The summed E-state index contributed by atoms with van der Waals surface area (Å²) in [6, 6.07) is 0. The van der Waals surface area contributed by atoms with E-state index in [4.69, 9.17) is 9.47 Å². The van der Waals surface area contributed by atoms with Gasteiger partial charge in [-0.25, -0.2) is 0 Å². The second-order valence-electron chi connectivity index (χ2n) is 8.02. The third-order valence-electron chi connectivity index (χ3n) is 6.32. The van der Waals surface area contributed by atoms with Gasteiger partial charge in [0.2, 0.25) is 0 Å². The van der Waals surface area contributed by atoms with Crippen molar-refractivity contribution in [3.8, 4) is 0 Å². The maximum absolute atomic E-state index is 12.9. The predicted molar refractivity (Wildman–Crippen MR) is 96.8 cm³/mol. The highest BCUT2D eigenvalue weighted by Gasteiger charge is 2.41. The summed E-state index contributed by atoms with van der Waals surface area (Å²) in [5, 5.41) is 9.35. The van der Waals surface area contributed by atoms with Crippen LogP contribution in [-0.4, -0.2) is 59.9 Å². The Bertz CT molecular complexity index is 483. The lowest BCUT2D eigenvalue weighted by atomic mass is 9.84. The van der Waals surface area contributed by atoms with Crippen LogP contribution < -0.4 is 0 Å². The van der Waals surface area contributed by atoms with Gasteiger partial charge in [-0.05, 0) is 44.4 Å². The molecule has 6 nitrogen and oxygen atoms in total. The fourth-order valence-corrected chi connectivity index (χ4v) is 4.75. The minimum Gasteiger partial charge on any atom is -0.481 e. The standard InChI is InChI=1S/C20H33NO5/c1-2-17(26-15-6-4-3-5-7-15)19(22)21-11-8-14(9-12-21)18-16(20(23)24)10-13-25-18/h14-18H,2-13H2,1H3,(H,23,24)/t16?,17?,18-/m0/s1. The Balaban J connectivity index is 1.49. The molecule has 0 radical (unpaired) electrons. The van der Waals surface area contributed by atoms with Crippen LogP contribution in [0.5, 0.6) is 0 Å². The number of carboxylic acid groups (broad SMARTS) is 1. The number of carbonyl (C=O) groups is 2. The van der Waals surface area contributed by atoms with Gasteiger partial charge < -0.3 is 19.5 Å². The van der Waals surface area contributed by atoms with E-state index in [2.05, 4.69) is 0 Å². The molecule has 2 aliphatic heterocycles. The Morgan fingerprint density at radius 3 is 2.42 bits per heavy atom. The molecule has 0 bridgehead atoms. The van der Waals surface area contributed by atoms with Gasteiger partial charge in [-0.1, -0.05) is 26.2 Å². The van der Waals surface area contributed by atoms with Gasteiger partial charge in [0, 0.05) is 19.7 Å². The molecule has 0 aromatic rings. The lowest BCUT2D eigenvalue weighted by Crippen LogP contribution is -2.47. The van der Waals surface area contributed by atoms with Crippen LogP contribution in [0.3, 0.4) is 0 Å². The summed E-state index contributed by atoms with van der Waals surface area (Å²) in [6.45, 7) is 3.91. The van der Waals surface area contributed by atoms with Crippen LogP contribution in [-0.2, 0) is 19.1 Å². The summed E-state index contributed by atoms with van der Waals surface area (Å²) in [5.74, 6) is -0.793. The van der Waals surface area contributed by atoms with E-state index in [-0.39, 0.29) is 36.1 Å². The molecule has 1 aliphatic carbocycles. The second kappa shape index (κ2) is 9.18. The van der Waals surface area contributed by atoms with Gasteiger partial charge >= 0.3 is 5.97 Å². The summed E-state index contributed by atoms with van der Waals surface area (Å²) < 4.78 is 11.9. The maximum atomic E-state index is 12.9. The zero-order chi connectivity index (χ0) is 18.5. The van der Waals surface area contributed by atoms with Crippen molar-refractivity contribution in [1.29, 1.82) is 0 Å². The molecule has 1 saturated carbocycles. The van der Waals surface area contributed by atoms with E-state index in [0.717, 1.165) is 25.7 Å². The average molecular weight is 367 g/mol. The topological polar surface area (TPSA) is 76.1 Å². The largest absolute Gasteiger partial charge is 0.481 e. The first-order chi connectivity index (χ1) is 12.6. The highest BCUT2D eigenvalue weighted by atomic mass is 16.5. The average Bonchev–Trinajstić information content (AvgIpc) is 3.17. The third kappa shape index (κ3) is 4.58. The number of carbonyl (C=O) groups excluding carboxylic acids is 1. The van der Waals surface area contributed by atoms with Gasteiger partial charge in [-0.3, -0.25) is 9.59 Å². The van der Waals surface area contributed by atoms with Crippen LogP contribution in [0.4, 0.5) is 0 Å². The number of piperidine rings is 1. The zero-order valence-electron chi connectivity index (χ0n) is 15.9. The number of carboxylic acids is 1. The lowest BCUT2D eigenvalue weighted by Gasteiger charge is -2.37. The van der Waals surface area contributed by atoms with Crippen molar-refractivity contribution >= 4 is 11.9 Å². The first-order valence-corrected chi connectivity index (χ1v) is 10.4. The smallest absolute Gasteiger partial charge is 0.309 e. The van der Waals surface area contributed by atoms with Gasteiger partial charge in [-0.15, -0.1) is 0 Å². The highest BCUT2D eigenvalue weighted by Crippen LogP contribution is 2.33. The van der Waals surface area contributed by atoms with Crippen molar-refractivity contribution in [2.75, 3.05) is 19.7 Å². The first-order valence-electron chi connectivity index (χ1n) is 10.4. The summed E-state index contributed by atoms with van der Waals surface area (Å²) in [7, 11) is 0. The molecule has 26 heavy (non-hydrogen) atoms. The summed E-state index contributed by atoms with van der Waals surface area (Å²) in [5.41, 5.74) is 0. The molecule has 2 saturated heterocycles. The van der Waals surface area contributed by atoms with Crippen molar-refractivity contribution in [2.24, 2.45) is 11.8 Å². The number of hydrogen-bond donors (Lipinski definition) is 1. The van der Waals surface area contributed by atoms with E-state index in [1.54, 1.807) is 0 Å². The van der Waals surface area contributed by atoms with Gasteiger partial charge in [0.05, 0.1) is 18.1 Å². The second-order valence-corrected chi connectivity index (χ2v) is 8.02. The fraction of sp³-hybridized carbons (Fsp3) is 0.900. The van der Waals surface area contributed by atoms with Crippen LogP contribution >= 0.6 is 0 Å². The molecule has 3 fully saturated rings. The van der Waals surface area contributed by atoms with Gasteiger partial charge in [0.15, 0.2) is 0 Å². The molecule has 1 N–H and O–H groups in total. The molecule has 2 heterocycles. The molecule has 0 aromatic carbocycles. The van der Waals surface area contributed by atoms with Crippen LogP contribution in [0.2, 0.25) is 0 Å². The molecule has 148 valence electrons. The van der Waals surface area contributed by atoms with E-state index in [9.17, 15) is 14.7 Å². The number of nitrogens with zero attached hydrogens (tertiary/aromatic N) is 1. The molecule has 0 aromatic heterocycles. The van der Waals surface area contributed by atoms with Crippen molar-refractivity contribution < 1.29 is 24.2 Å². The summed E-state index contributed by atoms with van der Waals surface area (Å²) in [4.78, 5) is 26.2. The van der Waals surface area contributed by atoms with Crippen molar-refractivity contribution in [1.82, 2.24) is 4.90 Å². The lowest BCUT2D eigenvalue weighted by molar-refractivity contribution is -0.152. The normalized spacial score (nSPS) is 29.7. The predicted octanol–water partition coefficient (Wildman–Crippen LogP) is 2.84. The number of rotatable bonds is 6. The van der Waals surface area contributed by atoms with Crippen LogP contribution in [0, 0.1) is 11.8 Å². The van der Waals surface area contributed by atoms with Crippen LogP contribution in [0.25, 0.3) is 0 Å². The maximum Gasteiger partial charge on any atom is 0.309 e. The summed E-state index contributed by atoms with van der Waals surface area (Å²) >= 11 is 0. The molecule has 0 spiro atoms. The number of amides is 1. The van der Waals surface area contributed by atoms with Crippen molar-refractivity contribution in [3.05, 3.63) is 0 Å². The van der Waals surface area contributed by atoms with E-state index in [1.807, 2.05) is 11.8 Å². The third-order valence-corrected chi connectivity index (χ3v) is 6.32. The Hall–Kier alpha value is -1.14. The number of ether oxygens (including phenoxy) is 2. The van der Waals surface area contributed by atoms with E-state index in [0.29, 0.717) is 32.5 Å². The molecule has 6 heteroatoms. The quantitative estimate of drug-likeness (QED) is 0.781. The molecule has 3 atom stereocenters. The van der Waals surface area contributed by atoms with Gasteiger partial charge in [0.25, 0.3) is 5.91 Å². The minimum atomic E-state index is -0.752. The molecule has 3 aliphatic rings. The summed E-state index contributed by atoms with van der Waals surface area (Å²) in [6.07, 6.45) is 8.49. The van der Waals surface area contributed by atoms with E-state index in [1.165, 1.54) is 19.3 Å². The van der Waals surface area contributed by atoms with Crippen molar-refractivity contribution in [3.63, 3.8) is 0 Å². The van der Waals surface area contributed by atoms with Gasteiger partial charge in [-0.2, -0.15) is 0 Å². The monoisotopic (exact) mass is 367 g/mol. The Morgan fingerprint density at radius 1 is 1.12 bits per heavy atom. The number of likely N-dealkylation sites (tertiary alicyclic amines) is 1. The minimum absolute atomic E-state index is 0.110. The Labute approximate surface area is 156 Å². The highest BCUT2D eigenvalue weighted by molar-refractivity contribution is 5.81. The van der Waals surface area contributed by atoms with Crippen LogP contribution in [0.1, 0.15) is 64.7 Å². The number of hydrogen-bond acceptors (Lipinski definition) is 4. The zero-order valence-corrected chi connectivity index (χ0v) is 15.9. The van der Waals surface area contributed by atoms with Gasteiger partial charge in [0.1, 0.15) is 6.10 Å². The molecule has 2 unspecified atom stereocenters. The van der Waals surface area contributed by atoms with E-state index < -0.39 is 5.97 Å². The van der Waals surface area contributed by atoms with Crippen LogP contribution in [0.15, 0.2) is 0 Å². The molecule has 1 amide bonds. The molecular formula is C20H33NO5. The van der Waals surface area contributed by atoms with Crippen molar-refractivity contribution in [2.45, 2.75) is 83.0 Å². The first kappa shape index (κ1) is 19.6. The number of aliphatic carboxylic acids is 1. The van der Waals surface area contributed by atoms with E-state index >= 15 is 0 Å². The molecule has 3 rings (SSSR count). The fourth-order valence-electron chi connectivity index (χ4n) is 4.75.